The lowest BCUT2D eigenvalue weighted by atomic mass is 10.1. The highest BCUT2D eigenvalue weighted by atomic mass is 32.2. The van der Waals surface area contributed by atoms with Gasteiger partial charge in [-0.2, -0.15) is 9.40 Å². The maximum absolute atomic E-state index is 13.6. The second-order valence-electron chi connectivity index (χ2n) is 9.79. The van der Waals surface area contributed by atoms with Crippen LogP contribution in [-0.4, -0.2) is 96.8 Å². The van der Waals surface area contributed by atoms with E-state index in [1.165, 1.54) is 4.31 Å². The van der Waals surface area contributed by atoms with Gasteiger partial charge in [0.25, 0.3) is 5.56 Å². The summed E-state index contributed by atoms with van der Waals surface area (Å²) in [5, 5.41) is 5.31. The monoisotopic (exact) mass is 544 g/mol. The van der Waals surface area contributed by atoms with Crippen molar-refractivity contribution in [1.29, 1.82) is 0 Å². The number of benzene rings is 1. The first-order valence-corrected chi connectivity index (χ1v) is 14.9. The van der Waals surface area contributed by atoms with E-state index < -0.39 is 10.0 Å². The molecule has 0 amide bonds. The normalized spacial score (nSPS) is 15.5. The van der Waals surface area contributed by atoms with Crippen molar-refractivity contribution in [2.24, 2.45) is 7.05 Å². The summed E-state index contributed by atoms with van der Waals surface area (Å²) in [6.07, 6.45) is 1.64. The minimum absolute atomic E-state index is 0.162. The van der Waals surface area contributed by atoms with E-state index >= 15 is 0 Å². The van der Waals surface area contributed by atoms with E-state index in [0.29, 0.717) is 42.2 Å². The summed E-state index contributed by atoms with van der Waals surface area (Å²) < 4.78 is 35.9. The van der Waals surface area contributed by atoms with Crippen LogP contribution in [0.4, 0.5) is 0 Å². The van der Waals surface area contributed by atoms with E-state index in [2.05, 4.69) is 33.7 Å². The number of aromatic nitrogens is 3. The zero-order valence-corrected chi connectivity index (χ0v) is 24.0. The van der Waals surface area contributed by atoms with E-state index in [4.69, 9.17) is 4.74 Å². The molecule has 1 fully saturated rings. The number of hydrogen-bond acceptors (Lipinski definition) is 7. The van der Waals surface area contributed by atoms with E-state index in [1.807, 2.05) is 13.0 Å². The fourth-order valence-corrected chi connectivity index (χ4v) is 6.21. The molecule has 208 valence electrons. The predicted octanol–water partition coefficient (Wildman–Crippen LogP) is 2.54. The molecule has 3 heterocycles. The largest absolute Gasteiger partial charge is 0.493 e. The number of hydrogen-bond donors (Lipinski definition) is 1. The first kappa shape index (κ1) is 28.3. The van der Waals surface area contributed by atoms with Gasteiger partial charge < -0.3 is 14.6 Å². The quantitative estimate of drug-likeness (QED) is 0.396. The van der Waals surface area contributed by atoms with Crippen LogP contribution in [0.25, 0.3) is 22.2 Å². The number of piperazine rings is 1. The number of ether oxygens (including phenoxy) is 1. The molecule has 0 spiro atoms. The average molecular weight is 545 g/mol. The van der Waals surface area contributed by atoms with Gasteiger partial charge in [-0.3, -0.25) is 14.4 Å². The van der Waals surface area contributed by atoms with Crippen molar-refractivity contribution >= 4 is 20.9 Å². The highest BCUT2D eigenvalue weighted by Gasteiger charge is 2.25. The van der Waals surface area contributed by atoms with Crippen molar-refractivity contribution in [2.45, 2.75) is 38.5 Å². The molecule has 0 atom stereocenters. The molecule has 0 saturated carbocycles. The molecule has 10 nitrogen and oxygen atoms in total. The molecule has 1 saturated heterocycles. The van der Waals surface area contributed by atoms with Gasteiger partial charge in [0.2, 0.25) is 10.0 Å². The fourth-order valence-electron chi connectivity index (χ4n) is 5.02. The maximum atomic E-state index is 13.6. The Morgan fingerprint density at radius 1 is 1.08 bits per heavy atom. The summed E-state index contributed by atoms with van der Waals surface area (Å²) >= 11 is 0. The number of likely N-dealkylation sites (N-methyl/N-ethyl adjacent to an activating group) is 2. The molecular formula is C27H40N6O4S. The summed E-state index contributed by atoms with van der Waals surface area (Å²) in [6, 6.07) is 6.72. The SMILES string of the molecule is CCCc1nn(C)c2c(=O)[nH]c(-c3cc(S(=O)(=O)N(C)CCN4CCN(CC)CC4)ccc3OCC)cc12. The van der Waals surface area contributed by atoms with Gasteiger partial charge in [0.15, 0.2) is 0 Å². The molecule has 0 unspecified atom stereocenters. The number of fused-ring (bicyclic) bond motifs is 1. The van der Waals surface area contributed by atoms with Crippen molar-refractivity contribution in [3.05, 3.63) is 40.3 Å². The summed E-state index contributed by atoms with van der Waals surface area (Å²) in [6.45, 7) is 12.5. The highest BCUT2D eigenvalue weighted by molar-refractivity contribution is 7.89. The van der Waals surface area contributed by atoms with Gasteiger partial charge in [-0.25, -0.2) is 8.42 Å². The van der Waals surface area contributed by atoms with Crippen LogP contribution < -0.4 is 10.3 Å². The van der Waals surface area contributed by atoms with Crippen LogP contribution in [0.15, 0.2) is 34.0 Å². The Hall–Kier alpha value is -2.73. The summed E-state index contributed by atoms with van der Waals surface area (Å²) in [7, 11) is -0.372. The van der Waals surface area contributed by atoms with Crippen molar-refractivity contribution < 1.29 is 13.2 Å². The molecule has 2 aromatic heterocycles. The van der Waals surface area contributed by atoms with Crippen LogP contribution in [0.5, 0.6) is 5.75 Å². The summed E-state index contributed by atoms with van der Waals surface area (Å²) in [5.74, 6) is 0.513. The molecule has 3 aromatic rings. The number of pyridine rings is 1. The van der Waals surface area contributed by atoms with Gasteiger partial charge >= 0.3 is 0 Å². The molecule has 1 aliphatic rings. The number of nitrogens with one attached hydrogen (secondary N) is 1. The van der Waals surface area contributed by atoms with E-state index in [9.17, 15) is 13.2 Å². The zero-order chi connectivity index (χ0) is 27.4. The zero-order valence-electron chi connectivity index (χ0n) is 23.2. The first-order valence-electron chi connectivity index (χ1n) is 13.5. The third-order valence-electron chi connectivity index (χ3n) is 7.29. The second-order valence-corrected chi connectivity index (χ2v) is 11.8. The molecule has 4 rings (SSSR count). The Labute approximate surface area is 225 Å². The molecule has 11 heteroatoms. The van der Waals surface area contributed by atoms with Crippen LogP contribution in [0.3, 0.4) is 0 Å². The van der Waals surface area contributed by atoms with Crippen molar-refractivity contribution in [1.82, 2.24) is 28.9 Å². The van der Waals surface area contributed by atoms with E-state index in [0.717, 1.165) is 56.6 Å². The molecule has 1 N–H and O–H groups in total. The van der Waals surface area contributed by atoms with Crippen LogP contribution in [0.1, 0.15) is 32.9 Å². The van der Waals surface area contributed by atoms with Crippen LogP contribution in [-0.2, 0) is 23.5 Å². The third-order valence-corrected chi connectivity index (χ3v) is 9.14. The van der Waals surface area contributed by atoms with Crippen LogP contribution in [0, 0.1) is 0 Å². The van der Waals surface area contributed by atoms with Gasteiger partial charge in [0.05, 0.1) is 22.9 Å². The van der Waals surface area contributed by atoms with Gasteiger partial charge in [0.1, 0.15) is 11.3 Å². The van der Waals surface area contributed by atoms with Crippen molar-refractivity contribution in [3.63, 3.8) is 0 Å². The number of aromatic amines is 1. The minimum atomic E-state index is -3.75. The second kappa shape index (κ2) is 12.0. The standard InChI is InChI=1S/C27H40N6O4S/c1-6-9-23-22-19-24(28-27(34)26(22)31(5)29-23)21-18-20(10-11-25(21)37-8-3)38(35,36)30(4)12-13-33-16-14-32(7-2)15-17-33/h10-11,18-19H,6-9,12-17H2,1-5H3,(H,28,34). The summed E-state index contributed by atoms with van der Waals surface area (Å²) in [4.78, 5) is 20.9. The van der Waals surface area contributed by atoms with Crippen molar-refractivity contribution in [2.75, 3.05) is 59.5 Å². The number of nitrogens with zero attached hydrogens (tertiary/aromatic N) is 5. The predicted molar refractivity (Wildman–Crippen MR) is 150 cm³/mol. The highest BCUT2D eigenvalue weighted by Crippen LogP contribution is 2.33. The number of H-pyrrole nitrogens is 1. The van der Waals surface area contributed by atoms with Gasteiger partial charge in [-0.1, -0.05) is 20.3 Å². The number of aryl methyl sites for hydroxylation is 2. The molecule has 0 aliphatic carbocycles. The minimum Gasteiger partial charge on any atom is -0.493 e. The molecule has 0 radical (unpaired) electrons. The number of sulfonamides is 1. The first-order chi connectivity index (χ1) is 18.2. The molecule has 1 aromatic carbocycles. The Balaban J connectivity index is 1.65. The van der Waals surface area contributed by atoms with Gasteiger partial charge in [-0.05, 0) is 44.2 Å². The fraction of sp³-hybridized carbons (Fsp3) is 0.556. The lowest BCUT2D eigenvalue weighted by Gasteiger charge is -2.34. The molecular weight excluding hydrogens is 504 g/mol. The van der Waals surface area contributed by atoms with Crippen LogP contribution in [0.2, 0.25) is 0 Å². The Morgan fingerprint density at radius 3 is 2.45 bits per heavy atom. The van der Waals surface area contributed by atoms with Crippen molar-refractivity contribution in [3.8, 4) is 17.0 Å². The Kier molecular flexibility index (Phi) is 8.92. The van der Waals surface area contributed by atoms with E-state index in [1.54, 1.807) is 37.0 Å². The lowest BCUT2D eigenvalue weighted by molar-refractivity contribution is 0.134. The molecule has 38 heavy (non-hydrogen) atoms. The lowest BCUT2D eigenvalue weighted by Crippen LogP contribution is -2.48. The number of rotatable bonds is 11. The van der Waals surface area contributed by atoms with Gasteiger partial charge in [-0.15, -0.1) is 0 Å². The van der Waals surface area contributed by atoms with Crippen LogP contribution >= 0.6 is 0 Å². The molecule has 0 bridgehead atoms. The third kappa shape index (κ3) is 5.80. The van der Waals surface area contributed by atoms with Gasteiger partial charge in [0, 0.05) is 64.3 Å². The summed E-state index contributed by atoms with van der Waals surface area (Å²) in [5.41, 5.74) is 2.11. The topological polar surface area (TPSA) is 104 Å². The van der Waals surface area contributed by atoms with E-state index in [-0.39, 0.29) is 10.5 Å². The maximum Gasteiger partial charge on any atom is 0.274 e. The molecule has 1 aliphatic heterocycles. The Morgan fingerprint density at radius 2 is 1.79 bits per heavy atom. The average Bonchev–Trinajstić information content (AvgIpc) is 3.23. The Bertz CT molecular complexity index is 1420. The smallest absolute Gasteiger partial charge is 0.274 e.